The van der Waals surface area contributed by atoms with Gasteiger partial charge in [-0.05, 0) is 25.8 Å². The van der Waals surface area contributed by atoms with E-state index in [4.69, 9.17) is 21.4 Å². The molecular formula is C12H15ClN2O3. The molecule has 0 radical (unpaired) electrons. The Morgan fingerprint density at radius 1 is 1.67 bits per heavy atom. The van der Waals surface area contributed by atoms with Crippen LogP contribution in [-0.2, 0) is 4.74 Å². The summed E-state index contributed by atoms with van der Waals surface area (Å²) in [6.07, 6.45) is 3.30. The van der Waals surface area contributed by atoms with Crippen molar-refractivity contribution in [1.29, 1.82) is 0 Å². The fourth-order valence-corrected chi connectivity index (χ4v) is 2.20. The number of carbonyl (C=O) groups is 1. The molecule has 2 unspecified atom stereocenters. The Labute approximate surface area is 110 Å². The number of hydrogen-bond acceptors (Lipinski definition) is 4. The first-order valence-electron chi connectivity index (χ1n) is 5.83. The van der Waals surface area contributed by atoms with Crippen LogP contribution in [0.15, 0.2) is 12.3 Å². The Morgan fingerprint density at radius 3 is 3.06 bits per heavy atom. The molecule has 0 aliphatic carbocycles. The van der Waals surface area contributed by atoms with Gasteiger partial charge >= 0.3 is 5.97 Å². The average Bonchev–Trinajstić information content (AvgIpc) is 2.31. The molecule has 0 aromatic carbocycles. The highest BCUT2D eigenvalue weighted by Crippen LogP contribution is 2.24. The number of pyridine rings is 1. The van der Waals surface area contributed by atoms with Crippen molar-refractivity contribution in [3.8, 4) is 0 Å². The van der Waals surface area contributed by atoms with Gasteiger partial charge < -0.3 is 15.2 Å². The maximum Gasteiger partial charge on any atom is 0.337 e. The predicted octanol–water partition coefficient (Wildman–Crippen LogP) is 2.41. The number of carboxylic acids is 1. The van der Waals surface area contributed by atoms with Gasteiger partial charge in [-0.2, -0.15) is 0 Å². The van der Waals surface area contributed by atoms with E-state index in [1.807, 2.05) is 6.92 Å². The van der Waals surface area contributed by atoms with Gasteiger partial charge in [-0.1, -0.05) is 11.6 Å². The van der Waals surface area contributed by atoms with E-state index in [9.17, 15) is 4.79 Å². The minimum absolute atomic E-state index is 0.0888. The number of nitrogens with zero attached hydrogens (tertiary/aromatic N) is 1. The second-order valence-corrected chi connectivity index (χ2v) is 4.81. The molecule has 5 nitrogen and oxygen atoms in total. The van der Waals surface area contributed by atoms with Gasteiger partial charge in [-0.25, -0.2) is 9.78 Å². The van der Waals surface area contributed by atoms with Gasteiger partial charge in [0.25, 0.3) is 0 Å². The topological polar surface area (TPSA) is 71.5 Å². The van der Waals surface area contributed by atoms with Crippen LogP contribution >= 0.6 is 11.6 Å². The Hall–Kier alpha value is -1.33. The van der Waals surface area contributed by atoms with E-state index in [2.05, 4.69) is 10.3 Å². The summed E-state index contributed by atoms with van der Waals surface area (Å²) < 4.78 is 5.46. The molecule has 0 bridgehead atoms. The third kappa shape index (κ3) is 3.11. The molecule has 18 heavy (non-hydrogen) atoms. The molecule has 0 saturated carbocycles. The number of hydrogen-bond donors (Lipinski definition) is 2. The molecule has 1 saturated heterocycles. The van der Waals surface area contributed by atoms with E-state index >= 15 is 0 Å². The highest BCUT2D eigenvalue weighted by atomic mass is 35.5. The summed E-state index contributed by atoms with van der Waals surface area (Å²) in [5, 5.41) is 12.4. The number of halogens is 1. The first-order valence-corrected chi connectivity index (χ1v) is 6.21. The third-order valence-electron chi connectivity index (χ3n) is 2.91. The third-order valence-corrected chi connectivity index (χ3v) is 3.20. The van der Waals surface area contributed by atoms with Gasteiger partial charge in [-0.3, -0.25) is 0 Å². The SMILES string of the molecule is CC1CC(Nc2ncc(C(=O)O)cc2Cl)CCO1. The van der Waals surface area contributed by atoms with E-state index in [-0.39, 0.29) is 17.7 Å². The first kappa shape index (κ1) is 13.1. The van der Waals surface area contributed by atoms with E-state index in [0.29, 0.717) is 17.4 Å². The molecule has 1 aliphatic rings. The van der Waals surface area contributed by atoms with Crippen LogP contribution in [0.3, 0.4) is 0 Å². The van der Waals surface area contributed by atoms with Gasteiger partial charge in [0.1, 0.15) is 5.82 Å². The zero-order valence-corrected chi connectivity index (χ0v) is 10.8. The van der Waals surface area contributed by atoms with Crippen molar-refractivity contribution in [2.45, 2.75) is 31.9 Å². The average molecular weight is 271 g/mol. The molecule has 1 aromatic rings. The number of rotatable bonds is 3. The summed E-state index contributed by atoms with van der Waals surface area (Å²) in [6.45, 7) is 2.74. The molecular weight excluding hydrogens is 256 g/mol. The lowest BCUT2D eigenvalue weighted by Crippen LogP contribution is -2.32. The molecule has 0 spiro atoms. The minimum Gasteiger partial charge on any atom is -0.478 e. The Balaban J connectivity index is 2.07. The summed E-state index contributed by atoms with van der Waals surface area (Å²) in [4.78, 5) is 14.8. The van der Waals surface area contributed by atoms with Gasteiger partial charge in [0.15, 0.2) is 0 Å². The first-order chi connectivity index (χ1) is 8.56. The maximum absolute atomic E-state index is 10.8. The van der Waals surface area contributed by atoms with Gasteiger partial charge in [-0.15, -0.1) is 0 Å². The standard InChI is InChI=1S/C12H15ClN2O3/c1-7-4-9(2-3-18-7)15-11-10(13)5-8(6-14-11)12(16)17/h5-7,9H,2-4H2,1H3,(H,14,15)(H,16,17). The van der Waals surface area contributed by atoms with E-state index in [1.165, 1.54) is 12.3 Å². The Morgan fingerprint density at radius 2 is 2.44 bits per heavy atom. The number of ether oxygens (including phenoxy) is 1. The quantitative estimate of drug-likeness (QED) is 0.883. The fourth-order valence-electron chi connectivity index (χ4n) is 1.98. The van der Waals surface area contributed by atoms with Crippen LogP contribution < -0.4 is 5.32 Å². The van der Waals surface area contributed by atoms with E-state index in [0.717, 1.165) is 12.8 Å². The molecule has 2 N–H and O–H groups in total. The zero-order valence-electron chi connectivity index (χ0n) is 10.0. The number of aromatic nitrogens is 1. The van der Waals surface area contributed by atoms with Gasteiger partial charge in [0.05, 0.1) is 16.7 Å². The molecule has 2 rings (SSSR count). The lowest BCUT2D eigenvalue weighted by molar-refractivity contribution is 0.0232. The summed E-state index contributed by atoms with van der Waals surface area (Å²) in [5.41, 5.74) is 0.0888. The Bertz CT molecular complexity index is 453. The number of aromatic carboxylic acids is 1. The van der Waals surface area contributed by atoms with Crippen LogP contribution in [0.5, 0.6) is 0 Å². The molecule has 2 atom stereocenters. The van der Waals surface area contributed by atoms with Crippen molar-refractivity contribution in [3.63, 3.8) is 0 Å². The normalized spacial score (nSPS) is 23.7. The van der Waals surface area contributed by atoms with Gasteiger partial charge in [0, 0.05) is 18.8 Å². The molecule has 1 aromatic heterocycles. The summed E-state index contributed by atoms with van der Waals surface area (Å²) >= 11 is 6.01. The molecule has 2 heterocycles. The van der Waals surface area contributed by atoms with Crippen LogP contribution in [0.1, 0.15) is 30.1 Å². The van der Waals surface area contributed by atoms with Crippen molar-refractivity contribution in [1.82, 2.24) is 4.98 Å². The molecule has 1 fully saturated rings. The second-order valence-electron chi connectivity index (χ2n) is 4.41. The Kier molecular flexibility index (Phi) is 4.04. The second kappa shape index (κ2) is 5.54. The maximum atomic E-state index is 10.8. The number of nitrogens with one attached hydrogen (secondary N) is 1. The monoisotopic (exact) mass is 270 g/mol. The summed E-state index contributed by atoms with van der Waals surface area (Å²) in [7, 11) is 0. The van der Waals surface area contributed by atoms with Crippen molar-refractivity contribution in [3.05, 3.63) is 22.8 Å². The minimum atomic E-state index is -1.03. The van der Waals surface area contributed by atoms with Crippen molar-refractivity contribution < 1.29 is 14.6 Å². The largest absolute Gasteiger partial charge is 0.478 e. The molecule has 0 amide bonds. The lowest BCUT2D eigenvalue weighted by Gasteiger charge is -2.28. The van der Waals surface area contributed by atoms with E-state index < -0.39 is 5.97 Å². The zero-order chi connectivity index (χ0) is 13.1. The van der Waals surface area contributed by atoms with Crippen LogP contribution in [0.4, 0.5) is 5.82 Å². The van der Waals surface area contributed by atoms with Gasteiger partial charge in [0.2, 0.25) is 0 Å². The fraction of sp³-hybridized carbons (Fsp3) is 0.500. The van der Waals surface area contributed by atoms with Crippen LogP contribution in [0.2, 0.25) is 5.02 Å². The van der Waals surface area contributed by atoms with Crippen molar-refractivity contribution >= 4 is 23.4 Å². The van der Waals surface area contributed by atoms with Crippen molar-refractivity contribution in [2.24, 2.45) is 0 Å². The molecule has 1 aliphatic heterocycles. The number of carboxylic acid groups (broad SMARTS) is 1. The molecule has 6 heteroatoms. The lowest BCUT2D eigenvalue weighted by atomic mass is 10.0. The number of anilines is 1. The van der Waals surface area contributed by atoms with Crippen LogP contribution in [0.25, 0.3) is 0 Å². The summed E-state index contributed by atoms with van der Waals surface area (Å²) in [5.74, 6) is -0.503. The highest BCUT2D eigenvalue weighted by Gasteiger charge is 2.20. The smallest absolute Gasteiger partial charge is 0.337 e. The predicted molar refractivity (Wildman–Crippen MR) is 68.3 cm³/mol. The van der Waals surface area contributed by atoms with Crippen LogP contribution in [0, 0.1) is 0 Å². The van der Waals surface area contributed by atoms with Crippen molar-refractivity contribution in [2.75, 3.05) is 11.9 Å². The van der Waals surface area contributed by atoms with Crippen LogP contribution in [-0.4, -0.2) is 34.8 Å². The highest BCUT2D eigenvalue weighted by molar-refractivity contribution is 6.33. The van der Waals surface area contributed by atoms with E-state index in [1.54, 1.807) is 0 Å². The summed E-state index contributed by atoms with van der Waals surface area (Å²) in [6, 6.07) is 1.66. The molecule has 98 valence electrons.